The predicted octanol–water partition coefficient (Wildman–Crippen LogP) is 1.60. The van der Waals surface area contributed by atoms with E-state index in [1.807, 2.05) is 54.1 Å². The number of ether oxygens (including phenoxy) is 1. The molecule has 2 heterocycles. The molecule has 0 atom stereocenters. The summed E-state index contributed by atoms with van der Waals surface area (Å²) in [5.74, 6) is 0. The van der Waals surface area contributed by atoms with Gasteiger partial charge in [0, 0.05) is 52.2 Å². The third-order valence-corrected chi connectivity index (χ3v) is 4.55. The maximum Gasteiger partial charge on any atom is 0.319 e. The maximum atomic E-state index is 12.1. The second-order valence-corrected chi connectivity index (χ2v) is 6.81. The Morgan fingerprint density at radius 3 is 2.63 bits per heavy atom. The van der Waals surface area contributed by atoms with Crippen LogP contribution >= 0.6 is 0 Å². The molecule has 1 aromatic heterocycles. The van der Waals surface area contributed by atoms with Crippen LogP contribution < -0.4 is 15.5 Å². The lowest BCUT2D eigenvalue weighted by atomic mass is 10.2. The van der Waals surface area contributed by atoms with Gasteiger partial charge in [-0.1, -0.05) is 12.1 Å². The molecule has 27 heavy (non-hydrogen) atoms. The van der Waals surface area contributed by atoms with Crippen LogP contribution in [-0.2, 0) is 17.8 Å². The van der Waals surface area contributed by atoms with E-state index in [9.17, 15) is 4.79 Å². The van der Waals surface area contributed by atoms with Crippen molar-refractivity contribution in [3.8, 4) is 0 Å². The van der Waals surface area contributed by atoms with Crippen LogP contribution in [0.5, 0.6) is 0 Å². The smallest absolute Gasteiger partial charge is 0.319 e. The summed E-state index contributed by atoms with van der Waals surface area (Å²) in [5.41, 5.74) is 2.88. The molecular weight excluding hydrogens is 344 g/mol. The molecule has 3 rings (SSSR count). The van der Waals surface area contributed by atoms with Crippen LogP contribution in [0.2, 0.25) is 0 Å². The first-order valence-electron chi connectivity index (χ1n) is 9.24. The number of morpholine rings is 1. The number of hydrogen-bond acceptors (Lipinski definition) is 5. The Labute approximate surface area is 160 Å². The van der Waals surface area contributed by atoms with E-state index in [0.29, 0.717) is 12.2 Å². The monoisotopic (exact) mass is 372 g/mol. The number of nitrogens with one attached hydrogen (secondary N) is 2. The van der Waals surface area contributed by atoms with E-state index in [1.165, 1.54) is 0 Å². The zero-order chi connectivity index (χ0) is 19.1. The first-order valence-corrected chi connectivity index (χ1v) is 9.24. The van der Waals surface area contributed by atoms with Gasteiger partial charge in [0.1, 0.15) is 0 Å². The molecule has 8 heteroatoms. The number of aromatic nitrogens is 2. The standard InChI is InChI=1S/C19H28N6O2/c1-23(2)18-5-3-16(4-6-18)13-20-19(26)22-17-14-21-25(15-17)8-7-24-9-11-27-12-10-24/h3-6,14-15H,7-13H2,1-2H3,(H2,20,22,26). The van der Waals surface area contributed by atoms with Gasteiger partial charge in [-0.15, -0.1) is 0 Å². The van der Waals surface area contributed by atoms with E-state index in [0.717, 1.165) is 50.6 Å². The highest BCUT2D eigenvalue weighted by Crippen LogP contribution is 2.12. The van der Waals surface area contributed by atoms with Crippen molar-refractivity contribution in [2.45, 2.75) is 13.1 Å². The molecule has 2 N–H and O–H groups in total. The number of anilines is 2. The van der Waals surface area contributed by atoms with E-state index >= 15 is 0 Å². The number of urea groups is 1. The summed E-state index contributed by atoms with van der Waals surface area (Å²) in [5, 5.41) is 10.0. The summed E-state index contributed by atoms with van der Waals surface area (Å²) in [7, 11) is 4.00. The lowest BCUT2D eigenvalue weighted by molar-refractivity contribution is 0.0360. The second-order valence-electron chi connectivity index (χ2n) is 6.81. The van der Waals surface area contributed by atoms with Gasteiger partial charge in [-0.2, -0.15) is 5.10 Å². The average Bonchev–Trinajstić information content (AvgIpc) is 3.13. The molecule has 0 radical (unpaired) electrons. The number of benzene rings is 1. The molecule has 146 valence electrons. The highest BCUT2D eigenvalue weighted by Gasteiger charge is 2.10. The molecule has 1 fully saturated rings. The summed E-state index contributed by atoms with van der Waals surface area (Å²) in [6.07, 6.45) is 3.52. The van der Waals surface area contributed by atoms with Crippen LogP contribution in [0.4, 0.5) is 16.2 Å². The molecule has 0 spiro atoms. The lowest BCUT2D eigenvalue weighted by Gasteiger charge is -2.26. The highest BCUT2D eigenvalue weighted by molar-refractivity contribution is 5.88. The number of rotatable bonds is 7. The summed E-state index contributed by atoms with van der Waals surface area (Å²) in [6.45, 7) is 5.72. The quantitative estimate of drug-likeness (QED) is 0.772. The number of carbonyl (C=O) groups is 1. The Bertz CT molecular complexity index is 722. The molecule has 2 aromatic rings. The predicted molar refractivity (Wildman–Crippen MR) is 106 cm³/mol. The minimum Gasteiger partial charge on any atom is -0.379 e. The lowest BCUT2D eigenvalue weighted by Crippen LogP contribution is -2.38. The van der Waals surface area contributed by atoms with Crippen LogP contribution in [-0.4, -0.2) is 67.7 Å². The van der Waals surface area contributed by atoms with Crippen molar-refractivity contribution >= 4 is 17.4 Å². The Morgan fingerprint density at radius 2 is 1.93 bits per heavy atom. The fourth-order valence-corrected chi connectivity index (χ4v) is 2.89. The van der Waals surface area contributed by atoms with Gasteiger partial charge in [0.2, 0.25) is 0 Å². The molecule has 1 aliphatic heterocycles. The van der Waals surface area contributed by atoms with Gasteiger partial charge >= 0.3 is 6.03 Å². The fraction of sp³-hybridized carbons (Fsp3) is 0.474. The van der Waals surface area contributed by atoms with Crippen LogP contribution in [0.1, 0.15) is 5.56 Å². The minimum atomic E-state index is -0.237. The Hall–Kier alpha value is -2.58. The van der Waals surface area contributed by atoms with Crippen molar-refractivity contribution in [1.82, 2.24) is 20.0 Å². The normalized spacial score (nSPS) is 14.7. The molecule has 1 saturated heterocycles. The Morgan fingerprint density at radius 1 is 1.19 bits per heavy atom. The minimum absolute atomic E-state index is 0.237. The van der Waals surface area contributed by atoms with Crippen LogP contribution in [0.3, 0.4) is 0 Å². The van der Waals surface area contributed by atoms with E-state index in [1.54, 1.807) is 6.20 Å². The van der Waals surface area contributed by atoms with Crippen LogP contribution in [0, 0.1) is 0 Å². The van der Waals surface area contributed by atoms with E-state index < -0.39 is 0 Å². The topological polar surface area (TPSA) is 74.7 Å². The number of hydrogen-bond donors (Lipinski definition) is 2. The highest BCUT2D eigenvalue weighted by atomic mass is 16.5. The summed E-state index contributed by atoms with van der Waals surface area (Å²) < 4.78 is 7.20. The van der Waals surface area contributed by atoms with Crippen LogP contribution in [0.15, 0.2) is 36.7 Å². The summed E-state index contributed by atoms with van der Waals surface area (Å²) in [6, 6.07) is 7.86. The maximum absolute atomic E-state index is 12.1. The van der Waals surface area contributed by atoms with E-state index in [4.69, 9.17) is 4.74 Å². The van der Waals surface area contributed by atoms with Gasteiger partial charge < -0.3 is 20.3 Å². The van der Waals surface area contributed by atoms with Crippen molar-refractivity contribution < 1.29 is 9.53 Å². The summed E-state index contributed by atoms with van der Waals surface area (Å²) >= 11 is 0. The zero-order valence-electron chi connectivity index (χ0n) is 16.0. The molecule has 0 bridgehead atoms. The molecule has 0 aliphatic carbocycles. The van der Waals surface area contributed by atoms with Gasteiger partial charge in [-0.25, -0.2) is 4.79 Å². The molecule has 1 aromatic carbocycles. The zero-order valence-corrected chi connectivity index (χ0v) is 16.0. The van der Waals surface area contributed by atoms with Crippen molar-refractivity contribution in [2.24, 2.45) is 0 Å². The van der Waals surface area contributed by atoms with Crippen molar-refractivity contribution in [1.29, 1.82) is 0 Å². The average molecular weight is 372 g/mol. The molecule has 2 amide bonds. The van der Waals surface area contributed by atoms with Gasteiger partial charge in [0.05, 0.1) is 31.6 Å². The molecule has 0 unspecified atom stereocenters. The van der Waals surface area contributed by atoms with Gasteiger partial charge in [-0.05, 0) is 17.7 Å². The number of nitrogens with zero attached hydrogens (tertiary/aromatic N) is 4. The fourth-order valence-electron chi connectivity index (χ4n) is 2.89. The number of amides is 2. The molecular formula is C19H28N6O2. The third-order valence-electron chi connectivity index (χ3n) is 4.55. The van der Waals surface area contributed by atoms with E-state index in [2.05, 4.69) is 20.6 Å². The first-order chi connectivity index (χ1) is 13.1. The van der Waals surface area contributed by atoms with Crippen molar-refractivity contribution in [2.75, 3.05) is 57.2 Å². The van der Waals surface area contributed by atoms with Crippen molar-refractivity contribution in [3.05, 3.63) is 42.2 Å². The largest absolute Gasteiger partial charge is 0.379 e. The van der Waals surface area contributed by atoms with Crippen LogP contribution in [0.25, 0.3) is 0 Å². The van der Waals surface area contributed by atoms with Gasteiger partial charge in [0.25, 0.3) is 0 Å². The first kappa shape index (κ1) is 19.2. The third kappa shape index (κ3) is 5.97. The second kappa shape index (κ2) is 9.38. The molecule has 0 saturated carbocycles. The number of carbonyl (C=O) groups excluding carboxylic acids is 1. The SMILES string of the molecule is CN(C)c1ccc(CNC(=O)Nc2cnn(CCN3CCOCC3)c2)cc1. The Balaban J connectivity index is 1.40. The van der Waals surface area contributed by atoms with Gasteiger partial charge in [0.15, 0.2) is 0 Å². The molecule has 8 nitrogen and oxygen atoms in total. The molecule has 1 aliphatic rings. The van der Waals surface area contributed by atoms with Crippen molar-refractivity contribution in [3.63, 3.8) is 0 Å². The Kier molecular flexibility index (Phi) is 6.67. The van der Waals surface area contributed by atoms with E-state index in [-0.39, 0.29) is 6.03 Å². The summed E-state index contributed by atoms with van der Waals surface area (Å²) in [4.78, 5) is 16.5. The van der Waals surface area contributed by atoms with Gasteiger partial charge in [-0.3, -0.25) is 9.58 Å².